The summed E-state index contributed by atoms with van der Waals surface area (Å²) >= 11 is 6.99. The number of benzene rings is 1. The van der Waals surface area contributed by atoms with Crippen molar-refractivity contribution in [2.45, 2.75) is 13.3 Å². The van der Waals surface area contributed by atoms with Crippen LogP contribution in [0.15, 0.2) is 12.1 Å². The van der Waals surface area contributed by atoms with Gasteiger partial charge < -0.3 is 10.1 Å². The first kappa shape index (κ1) is 15.2. The Morgan fingerprint density at radius 3 is 2.38 bits per heavy atom. The molecule has 0 aliphatic carbocycles. The van der Waals surface area contributed by atoms with E-state index in [4.69, 9.17) is 4.74 Å². The van der Waals surface area contributed by atoms with Gasteiger partial charge in [0.1, 0.15) is 5.75 Å². The van der Waals surface area contributed by atoms with Crippen molar-refractivity contribution in [1.82, 2.24) is 5.32 Å². The van der Waals surface area contributed by atoms with Crippen molar-refractivity contribution in [3.8, 4) is 5.75 Å². The van der Waals surface area contributed by atoms with Gasteiger partial charge in [0, 0.05) is 3.57 Å². The lowest BCUT2D eigenvalue weighted by molar-refractivity contribution is 0.304. The van der Waals surface area contributed by atoms with Gasteiger partial charge in [-0.1, -0.05) is 6.92 Å². The fourth-order valence-electron chi connectivity index (χ4n) is 1.22. The average Bonchev–Trinajstić information content (AvgIpc) is 2.20. The largest absolute Gasteiger partial charge is 0.491 e. The Labute approximate surface area is 138 Å². The Balaban J connectivity index is 2.47. The van der Waals surface area contributed by atoms with E-state index in [9.17, 15) is 0 Å². The molecule has 0 fully saturated rings. The van der Waals surface area contributed by atoms with Crippen LogP contribution in [0, 0.1) is 10.7 Å². The molecule has 0 aliphatic heterocycles. The van der Waals surface area contributed by atoms with Crippen molar-refractivity contribution in [2.24, 2.45) is 0 Å². The predicted octanol–water partition coefficient (Wildman–Crippen LogP) is 3.88. The molecule has 1 aromatic carbocycles. The molecule has 16 heavy (non-hydrogen) atoms. The Kier molecular flexibility index (Phi) is 7.90. The van der Waals surface area contributed by atoms with Crippen LogP contribution in [-0.4, -0.2) is 19.7 Å². The van der Waals surface area contributed by atoms with Crippen molar-refractivity contribution < 1.29 is 4.74 Å². The summed E-state index contributed by atoms with van der Waals surface area (Å²) < 4.78 is 9.45. The first-order chi connectivity index (χ1) is 7.65. The number of rotatable bonds is 6. The second kappa shape index (κ2) is 8.30. The molecule has 0 heterocycles. The molecule has 0 spiro atoms. The number of halogens is 3. The quantitative estimate of drug-likeness (QED) is 0.424. The predicted molar refractivity (Wildman–Crippen MR) is 93.2 cm³/mol. The summed E-state index contributed by atoms with van der Waals surface area (Å²) in [5.41, 5.74) is 0. The summed E-state index contributed by atoms with van der Waals surface area (Å²) in [5, 5.41) is 3.29. The molecule has 1 aromatic rings. The lowest BCUT2D eigenvalue weighted by Crippen LogP contribution is -2.16. The van der Waals surface area contributed by atoms with Crippen molar-refractivity contribution in [3.05, 3.63) is 22.8 Å². The molecule has 1 rings (SSSR count). The Morgan fingerprint density at radius 2 is 1.81 bits per heavy atom. The van der Waals surface area contributed by atoms with Crippen LogP contribution in [0.5, 0.6) is 5.75 Å². The molecule has 0 atom stereocenters. The number of nitrogens with one attached hydrogen (secondary N) is 1. The molecule has 0 saturated carbocycles. The summed E-state index contributed by atoms with van der Waals surface area (Å²) in [7, 11) is 0. The fraction of sp³-hybridized carbons (Fsp3) is 0.455. The van der Waals surface area contributed by atoms with Gasteiger partial charge in [0.15, 0.2) is 0 Å². The summed E-state index contributed by atoms with van der Waals surface area (Å²) in [6, 6.07) is 4.28. The van der Waals surface area contributed by atoms with Gasteiger partial charge in [-0.15, -0.1) is 0 Å². The van der Waals surface area contributed by atoms with Gasteiger partial charge in [0.05, 0.1) is 13.7 Å². The van der Waals surface area contributed by atoms with E-state index in [2.05, 4.69) is 92.1 Å². The van der Waals surface area contributed by atoms with E-state index in [1.165, 1.54) is 10.7 Å². The molecule has 2 nitrogen and oxygen atoms in total. The first-order valence-corrected chi connectivity index (χ1v) is 8.36. The molecule has 0 aliphatic rings. The van der Waals surface area contributed by atoms with E-state index in [1.54, 1.807) is 0 Å². The van der Waals surface area contributed by atoms with Crippen LogP contribution in [0.3, 0.4) is 0 Å². The monoisotopic (exact) mass is 557 g/mol. The van der Waals surface area contributed by atoms with Gasteiger partial charge in [-0.2, -0.15) is 0 Å². The van der Waals surface area contributed by atoms with Crippen LogP contribution < -0.4 is 10.1 Å². The third-order valence-electron chi connectivity index (χ3n) is 1.96. The summed E-state index contributed by atoms with van der Waals surface area (Å²) in [4.78, 5) is 0. The van der Waals surface area contributed by atoms with E-state index in [0.29, 0.717) is 0 Å². The van der Waals surface area contributed by atoms with Crippen molar-refractivity contribution >= 4 is 67.8 Å². The van der Waals surface area contributed by atoms with Crippen LogP contribution in [0.2, 0.25) is 0 Å². The highest BCUT2D eigenvalue weighted by Crippen LogP contribution is 2.29. The minimum Gasteiger partial charge on any atom is -0.491 e. The summed E-state index contributed by atoms with van der Waals surface area (Å²) in [6.45, 7) is 4.94. The van der Waals surface area contributed by atoms with Gasteiger partial charge in [-0.3, -0.25) is 0 Å². The minimum atomic E-state index is 0.777. The van der Waals surface area contributed by atoms with Crippen molar-refractivity contribution in [3.63, 3.8) is 0 Å². The van der Waals surface area contributed by atoms with E-state index in [0.717, 1.165) is 31.9 Å². The van der Waals surface area contributed by atoms with Crippen molar-refractivity contribution in [1.29, 1.82) is 0 Å². The lowest BCUT2D eigenvalue weighted by atomic mass is 10.3. The van der Waals surface area contributed by atoms with Gasteiger partial charge in [-0.25, -0.2) is 0 Å². The van der Waals surface area contributed by atoms with E-state index in [-0.39, 0.29) is 0 Å². The molecular formula is C11H14I3NO. The maximum absolute atomic E-state index is 5.81. The van der Waals surface area contributed by atoms with Crippen LogP contribution in [0.4, 0.5) is 0 Å². The highest BCUT2D eigenvalue weighted by molar-refractivity contribution is 14.1. The lowest BCUT2D eigenvalue weighted by Gasteiger charge is -2.11. The van der Waals surface area contributed by atoms with Crippen LogP contribution in [0.1, 0.15) is 13.3 Å². The third-order valence-corrected chi connectivity index (χ3v) is 4.18. The molecule has 0 amide bonds. The second-order valence-electron chi connectivity index (χ2n) is 3.25. The van der Waals surface area contributed by atoms with Crippen LogP contribution in [0.25, 0.3) is 0 Å². The maximum atomic E-state index is 5.81. The van der Waals surface area contributed by atoms with E-state index in [1.807, 2.05) is 0 Å². The highest BCUT2D eigenvalue weighted by Gasteiger charge is 2.07. The smallest absolute Gasteiger partial charge is 0.145 e. The maximum Gasteiger partial charge on any atom is 0.145 e. The fourth-order valence-corrected chi connectivity index (χ4v) is 5.11. The van der Waals surface area contributed by atoms with Gasteiger partial charge in [0.2, 0.25) is 0 Å². The number of hydrogen-bond acceptors (Lipinski definition) is 2. The van der Waals surface area contributed by atoms with Gasteiger partial charge in [0.25, 0.3) is 0 Å². The average molecular weight is 557 g/mol. The third kappa shape index (κ3) is 5.21. The molecular weight excluding hydrogens is 543 g/mol. The number of hydrogen-bond donors (Lipinski definition) is 1. The normalized spacial score (nSPS) is 10.5. The standard InChI is InChI=1S/C11H14I3NO/c1-2-15-4-3-5-16-11-9(13)6-8(12)7-10(11)14/h6-7,15H,2-5H2,1H3. The first-order valence-electron chi connectivity index (χ1n) is 5.13. The molecule has 90 valence electrons. The Bertz CT molecular complexity index is 321. The SMILES string of the molecule is CCNCCCOc1c(I)cc(I)cc1I. The van der Waals surface area contributed by atoms with Crippen molar-refractivity contribution in [2.75, 3.05) is 19.7 Å². The Hall–Kier alpha value is 1.17. The van der Waals surface area contributed by atoms with Gasteiger partial charge >= 0.3 is 0 Å². The molecule has 0 aromatic heterocycles. The molecule has 0 saturated heterocycles. The molecule has 0 bridgehead atoms. The summed E-state index contributed by atoms with van der Waals surface area (Å²) in [5.74, 6) is 1.03. The summed E-state index contributed by atoms with van der Waals surface area (Å²) in [6.07, 6.45) is 1.05. The topological polar surface area (TPSA) is 21.3 Å². The van der Waals surface area contributed by atoms with Gasteiger partial charge in [-0.05, 0) is 99.4 Å². The number of ether oxygens (including phenoxy) is 1. The highest BCUT2D eigenvalue weighted by atomic mass is 127. The van der Waals surface area contributed by atoms with E-state index >= 15 is 0 Å². The van der Waals surface area contributed by atoms with Crippen LogP contribution in [-0.2, 0) is 0 Å². The van der Waals surface area contributed by atoms with E-state index < -0.39 is 0 Å². The zero-order chi connectivity index (χ0) is 12.0. The zero-order valence-electron chi connectivity index (χ0n) is 9.03. The second-order valence-corrected chi connectivity index (χ2v) is 6.82. The molecule has 1 N–H and O–H groups in total. The zero-order valence-corrected chi connectivity index (χ0v) is 15.5. The minimum absolute atomic E-state index is 0.777. The molecule has 5 heteroatoms. The molecule has 0 unspecified atom stereocenters. The van der Waals surface area contributed by atoms with Crippen LogP contribution >= 0.6 is 67.8 Å². The molecule has 0 radical (unpaired) electrons. The Morgan fingerprint density at radius 1 is 1.19 bits per heavy atom.